The Balaban J connectivity index is 2.10. The number of rotatable bonds is 8. The van der Waals surface area contributed by atoms with Crippen LogP contribution in [0.3, 0.4) is 0 Å². The van der Waals surface area contributed by atoms with E-state index in [0.29, 0.717) is 12.5 Å². The molecular formula is C14H28N2O2. The third kappa shape index (κ3) is 4.25. The van der Waals surface area contributed by atoms with Gasteiger partial charge in [-0.1, -0.05) is 6.92 Å². The van der Waals surface area contributed by atoms with Crippen LogP contribution in [0.1, 0.15) is 46.5 Å². The number of carbonyl (C=O) groups excluding carboxylic acids is 1. The first-order valence-corrected chi connectivity index (χ1v) is 7.10. The summed E-state index contributed by atoms with van der Waals surface area (Å²) in [5.74, 6) is 0.784. The SMILES string of the molecule is CC1CC(CN)(C(=O)NCCCCOC(C)C)C1. The van der Waals surface area contributed by atoms with Crippen LogP contribution >= 0.6 is 0 Å². The molecule has 0 atom stereocenters. The second-order valence-electron chi connectivity index (χ2n) is 5.88. The topological polar surface area (TPSA) is 64.4 Å². The van der Waals surface area contributed by atoms with Crippen molar-refractivity contribution in [3.63, 3.8) is 0 Å². The first-order chi connectivity index (χ1) is 8.50. The van der Waals surface area contributed by atoms with Gasteiger partial charge < -0.3 is 15.8 Å². The van der Waals surface area contributed by atoms with Crippen molar-refractivity contribution in [1.29, 1.82) is 0 Å². The third-order valence-corrected chi connectivity index (χ3v) is 3.66. The minimum Gasteiger partial charge on any atom is -0.379 e. The Morgan fingerprint density at radius 3 is 2.61 bits per heavy atom. The Labute approximate surface area is 111 Å². The minimum absolute atomic E-state index is 0.146. The number of nitrogens with one attached hydrogen (secondary N) is 1. The van der Waals surface area contributed by atoms with E-state index in [-0.39, 0.29) is 17.4 Å². The van der Waals surface area contributed by atoms with Gasteiger partial charge in [0.2, 0.25) is 5.91 Å². The molecule has 0 saturated heterocycles. The number of carbonyl (C=O) groups is 1. The molecule has 4 nitrogen and oxygen atoms in total. The molecule has 0 aromatic heterocycles. The molecule has 0 bridgehead atoms. The second-order valence-corrected chi connectivity index (χ2v) is 5.88. The Morgan fingerprint density at radius 2 is 2.11 bits per heavy atom. The highest BCUT2D eigenvalue weighted by Crippen LogP contribution is 2.44. The Kier molecular flexibility index (Phi) is 6.09. The predicted octanol–water partition coefficient (Wildman–Crippen LogP) is 1.68. The van der Waals surface area contributed by atoms with E-state index in [1.54, 1.807) is 0 Å². The molecule has 1 rings (SSSR count). The molecule has 1 amide bonds. The number of nitrogens with two attached hydrogens (primary N) is 1. The van der Waals surface area contributed by atoms with E-state index in [1.807, 2.05) is 13.8 Å². The van der Waals surface area contributed by atoms with E-state index >= 15 is 0 Å². The molecule has 1 fully saturated rings. The Hall–Kier alpha value is -0.610. The van der Waals surface area contributed by atoms with Crippen LogP contribution in [0.5, 0.6) is 0 Å². The number of hydrogen-bond donors (Lipinski definition) is 2. The lowest BCUT2D eigenvalue weighted by atomic mass is 9.62. The zero-order chi connectivity index (χ0) is 13.6. The molecule has 0 radical (unpaired) electrons. The molecule has 18 heavy (non-hydrogen) atoms. The average Bonchev–Trinajstić information content (AvgIpc) is 2.28. The van der Waals surface area contributed by atoms with Crippen LogP contribution in [0.2, 0.25) is 0 Å². The van der Waals surface area contributed by atoms with Crippen molar-refractivity contribution < 1.29 is 9.53 Å². The quantitative estimate of drug-likeness (QED) is 0.649. The lowest BCUT2D eigenvalue weighted by molar-refractivity contribution is -0.138. The van der Waals surface area contributed by atoms with Crippen molar-refractivity contribution in [2.24, 2.45) is 17.1 Å². The maximum Gasteiger partial charge on any atom is 0.227 e. The third-order valence-electron chi connectivity index (χ3n) is 3.66. The van der Waals surface area contributed by atoms with Crippen LogP contribution in [0, 0.1) is 11.3 Å². The molecule has 0 aromatic rings. The van der Waals surface area contributed by atoms with Crippen molar-refractivity contribution >= 4 is 5.91 Å². The van der Waals surface area contributed by atoms with Crippen LogP contribution in [0.25, 0.3) is 0 Å². The van der Waals surface area contributed by atoms with Crippen LogP contribution in [-0.4, -0.2) is 31.7 Å². The van der Waals surface area contributed by atoms with Crippen molar-refractivity contribution in [2.45, 2.75) is 52.6 Å². The first kappa shape index (κ1) is 15.4. The minimum atomic E-state index is -0.270. The molecule has 0 unspecified atom stereocenters. The summed E-state index contributed by atoms with van der Waals surface area (Å²) in [4.78, 5) is 12.0. The number of ether oxygens (including phenoxy) is 1. The zero-order valence-electron chi connectivity index (χ0n) is 12.0. The molecule has 0 aliphatic heterocycles. The van der Waals surface area contributed by atoms with Crippen molar-refractivity contribution in [1.82, 2.24) is 5.32 Å². The van der Waals surface area contributed by atoms with E-state index in [2.05, 4.69) is 12.2 Å². The van der Waals surface area contributed by atoms with Crippen LogP contribution in [0.15, 0.2) is 0 Å². The standard InChI is InChI=1S/C14H28N2O2/c1-11(2)18-7-5-4-6-16-13(17)14(10-15)8-12(3)9-14/h11-12H,4-10,15H2,1-3H3,(H,16,17). The van der Waals surface area contributed by atoms with E-state index < -0.39 is 0 Å². The summed E-state index contributed by atoms with van der Waals surface area (Å²) in [5, 5.41) is 3.01. The molecule has 1 saturated carbocycles. The highest BCUT2D eigenvalue weighted by atomic mass is 16.5. The molecule has 1 aliphatic carbocycles. The largest absolute Gasteiger partial charge is 0.379 e. The van der Waals surface area contributed by atoms with Crippen LogP contribution in [0.4, 0.5) is 0 Å². The summed E-state index contributed by atoms with van der Waals surface area (Å²) in [6.45, 7) is 8.21. The summed E-state index contributed by atoms with van der Waals surface area (Å²) in [6.07, 6.45) is 4.12. The molecule has 106 valence electrons. The van der Waals surface area contributed by atoms with E-state index in [9.17, 15) is 4.79 Å². The number of unbranched alkanes of at least 4 members (excludes halogenated alkanes) is 1. The monoisotopic (exact) mass is 256 g/mol. The maximum absolute atomic E-state index is 12.0. The molecular weight excluding hydrogens is 228 g/mol. The van der Waals surface area contributed by atoms with Gasteiger partial charge in [0.25, 0.3) is 0 Å². The molecule has 0 aromatic carbocycles. The van der Waals surface area contributed by atoms with Gasteiger partial charge in [0.05, 0.1) is 11.5 Å². The van der Waals surface area contributed by atoms with E-state index in [0.717, 1.165) is 38.8 Å². The molecule has 0 heterocycles. The lowest BCUT2D eigenvalue weighted by Crippen LogP contribution is -2.53. The van der Waals surface area contributed by atoms with Gasteiger partial charge in [-0.15, -0.1) is 0 Å². The molecule has 4 heteroatoms. The fourth-order valence-electron chi connectivity index (χ4n) is 2.65. The normalized spacial score (nSPS) is 27.1. The summed E-state index contributed by atoms with van der Waals surface area (Å²) in [7, 11) is 0. The fraction of sp³-hybridized carbons (Fsp3) is 0.929. The molecule has 3 N–H and O–H groups in total. The first-order valence-electron chi connectivity index (χ1n) is 7.10. The Bertz CT molecular complexity index is 261. The summed E-state index contributed by atoms with van der Waals surface area (Å²) in [6, 6.07) is 0. The zero-order valence-corrected chi connectivity index (χ0v) is 12.0. The summed E-state index contributed by atoms with van der Waals surface area (Å²) < 4.78 is 5.45. The highest BCUT2D eigenvalue weighted by molar-refractivity contribution is 5.83. The lowest BCUT2D eigenvalue weighted by Gasteiger charge is -2.44. The van der Waals surface area contributed by atoms with Gasteiger partial charge in [-0.3, -0.25) is 4.79 Å². The summed E-state index contributed by atoms with van der Waals surface area (Å²) >= 11 is 0. The van der Waals surface area contributed by atoms with Crippen molar-refractivity contribution in [2.75, 3.05) is 19.7 Å². The van der Waals surface area contributed by atoms with Gasteiger partial charge in [-0.2, -0.15) is 0 Å². The molecule has 0 spiro atoms. The van der Waals surface area contributed by atoms with Crippen molar-refractivity contribution in [3.05, 3.63) is 0 Å². The number of hydrogen-bond acceptors (Lipinski definition) is 3. The van der Waals surface area contributed by atoms with Gasteiger partial charge in [0.15, 0.2) is 0 Å². The van der Waals surface area contributed by atoms with Gasteiger partial charge in [-0.25, -0.2) is 0 Å². The molecule has 1 aliphatic rings. The smallest absolute Gasteiger partial charge is 0.227 e. The summed E-state index contributed by atoms with van der Waals surface area (Å²) in [5.41, 5.74) is 5.47. The maximum atomic E-state index is 12.0. The van der Waals surface area contributed by atoms with Gasteiger partial charge in [0.1, 0.15) is 0 Å². The predicted molar refractivity (Wildman–Crippen MR) is 73.2 cm³/mol. The van der Waals surface area contributed by atoms with E-state index in [4.69, 9.17) is 10.5 Å². The Morgan fingerprint density at radius 1 is 1.44 bits per heavy atom. The van der Waals surface area contributed by atoms with Gasteiger partial charge in [-0.05, 0) is 45.4 Å². The van der Waals surface area contributed by atoms with E-state index in [1.165, 1.54) is 0 Å². The highest BCUT2D eigenvalue weighted by Gasteiger charge is 2.46. The van der Waals surface area contributed by atoms with Crippen LogP contribution < -0.4 is 11.1 Å². The average molecular weight is 256 g/mol. The van der Waals surface area contributed by atoms with Gasteiger partial charge in [0, 0.05) is 19.7 Å². The second kappa shape index (κ2) is 7.10. The van der Waals surface area contributed by atoms with Gasteiger partial charge >= 0.3 is 0 Å². The van der Waals surface area contributed by atoms with Crippen LogP contribution in [-0.2, 0) is 9.53 Å². The fourth-order valence-corrected chi connectivity index (χ4v) is 2.65. The number of amides is 1. The van der Waals surface area contributed by atoms with Crippen molar-refractivity contribution in [3.8, 4) is 0 Å².